The van der Waals surface area contributed by atoms with Crippen LogP contribution >= 0.6 is 0 Å². The van der Waals surface area contributed by atoms with E-state index in [2.05, 4.69) is 86.7 Å². The molecule has 0 radical (unpaired) electrons. The van der Waals surface area contributed by atoms with Crippen molar-refractivity contribution in [1.82, 2.24) is 14.4 Å². The van der Waals surface area contributed by atoms with Gasteiger partial charge in [-0.2, -0.15) is 0 Å². The van der Waals surface area contributed by atoms with Gasteiger partial charge in [-0.25, -0.2) is 9.97 Å². The highest BCUT2D eigenvalue weighted by Gasteiger charge is 2.23. The lowest BCUT2D eigenvalue weighted by molar-refractivity contribution is 0.411. The van der Waals surface area contributed by atoms with E-state index in [0.717, 1.165) is 17.5 Å². The Hall–Kier alpha value is -3.72. The van der Waals surface area contributed by atoms with Crippen LogP contribution in [0, 0.1) is 12.3 Å². The lowest BCUT2D eigenvalue weighted by Crippen LogP contribution is -2.09. The van der Waals surface area contributed by atoms with E-state index in [-0.39, 0.29) is 5.41 Å². The predicted octanol–water partition coefficient (Wildman–Crippen LogP) is 9.49. The monoisotopic (exact) mass is 495 g/mol. The molecular formula is C35H33N3. The number of rotatable bonds is 2. The van der Waals surface area contributed by atoms with Crippen LogP contribution in [-0.2, 0) is 6.42 Å². The molecule has 0 N–H and O–H groups in total. The summed E-state index contributed by atoms with van der Waals surface area (Å²) in [6.45, 7) is 9.24. The van der Waals surface area contributed by atoms with Gasteiger partial charge in [-0.15, -0.1) is 0 Å². The van der Waals surface area contributed by atoms with Crippen molar-refractivity contribution in [3.63, 3.8) is 0 Å². The summed E-state index contributed by atoms with van der Waals surface area (Å²) in [5, 5.41) is 7.65. The topological polar surface area (TPSA) is 30.2 Å². The molecule has 1 aliphatic carbocycles. The molecule has 7 aromatic rings. The zero-order chi connectivity index (χ0) is 25.8. The molecule has 38 heavy (non-hydrogen) atoms. The van der Waals surface area contributed by atoms with Gasteiger partial charge in [0.1, 0.15) is 6.33 Å². The van der Waals surface area contributed by atoms with Crippen molar-refractivity contribution in [3.05, 3.63) is 77.6 Å². The fourth-order valence-corrected chi connectivity index (χ4v) is 7.43. The van der Waals surface area contributed by atoms with Crippen LogP contribution in [-0.4, -0.2) is 14.4 Å². The lowest BCUT2D eigenvalue weighted by Gasteiger charge is -2.19. The third-order valence-corrected chi connectivity index (χ3v) is 9.02. The quantitative estimate of drug-likeness (QED) is 0.177. The molecule has 8 rings (SSSR count). The molecule has 0 bridgehead atoms. The fourth-order valence-electron chi connectivity index (χ4n) is 7.43. The van der Waals surface area contributed by atoms with Crippen LogP contribution in [0.4, 0.5) is 0 Å². The minimum atomic E-state index is 0.251. The van der Waals surface area contributed by atoms with Crippen molar-refractivity contribution in [2.75, 3.05) is 0 Å². The number of nitrogens with zero attached hydrogens (tertiary/aromatic N) is 3. The Bertz CT molecular complexity index is 2050. The van der Waals surface area contributed by atoms with Crippen LogP contribution in [0.15, 0.2) is 60.9 Å². The second-order valence-electron chi connectivity index (χ2n) is 12.9. The maximum absolute atomic E-state index is 4.92. The van der Waals surface area contributed by atoms with Gasteiger partial charge >= 0.3 is 0 Å². The van der Waals surface area contributed by atoms with Crippen molar-refractivity contribution in [2.45, 2.75) is 65.7 Å². The number of aromatic nitrogens is 3. The van der Waals surface area contributed by atoms with Gasteiger partial charge in [0.15, 0.2) is 0 Å². The molecule has 4 aromatic carbocycles. The molecule has 1 fully saturated rings. The molecule has 0 atom stereocenters. The first-order valence-corrected chi connectivity index (χ1v) is 14.2. The molecule has 0 unspecified atom stereocenters. The predicted molar refractivity (Wildman–Crippen MR) is 161 cm³/mol. The average molecular weight is 496 g/mol. The zero-order valence-corrected chi connectivity index (χ0v) is 22.7. The van der Waals surface area contributed by atoms with Gasteiger partial charge in [-0.05, 0) is 89.2 Å². The van der Waals surface area contributed by atoms with Gasteiger partial charge in [0.05, 0.1) is 33.0 Å². The molecular weight excluding hydrogens is 462 g/mol. The van der Waals surface area contributed by atoms with Crippen LogP contribution in [0.2, 0.25) is 0 Å². The fraction of sp³-hybridized carbons (Fsp3) is 0.314. The Morgan fingerprint density at radius 1 is 0.816 bits per heavy atom. The molecule has 3 nitrogen and oxygen atoms in total. The van der Waals surface area contributed by atoms with E-state index < -0.39 is 0 Å². The van der Waals surface area contributed by atoms with Crippen molar-refractivity contribution < 1.29 is 0 Å². The first-order chi connectivity index (χ1) is 18.4. The van der Waals surface area contributed by atoms with Gasteiger partial charge in [0, 0.05) is 16.2 Å². The Kier molecular flexibility index (Phi) is 4.49. The molecule has 188 valence electrons. The van der Waals surface area contributed by atoms with Crippen molar-refractivity contribution in [1.29, 1.82) is 0 Å². The standard InChI is InChI=1S/C35H33N3/c1-20-25-11-9-21(18-35(2,3)4)15-24(25)16-28-32-31-29(36-19-37-32)14-13-27-26-12-10-23(22-7-5-6-8-22)17-30(26)38(33(20)28)34(27)31/h9-17,19,22H,5-8,18H2,1-4H3. The molecule has 3 heterocycles. The Balaban J connectivity index is 1.56. The molecule has 1 aliphatic rings. The van der Waals surface area contributed by atoms with Crippen LogP contribution in [0.5, 0.6) is 0 Å². The maximum Gasteiger partial charge on any atom is 0.116 e. The summed E-state index contributed by atoms with van der Waals surface area (Å²) in [5.41, 5.74) is 10.4. The minimum Gasteiger partial charge on any atom is -0.307 e. The van der Waals surface area contributed by atoms with Gasteiger partial charge in [0.25, 0.3) is 0 Å². The van der Waals surface area contributed by atoms with Crippen LogP contribution in [0.3, 0.4) is 0 Å². The molecule has 0 amide bonds. The SMILES string of the molecule is Cc1c2ccc(CC(C)(C)C)cc2cc2c3ncnc4ccc5c6ccc(C7CCCC7)cc6n(c12)c5c43. The van der Waals surface area contributed by atoms with E-state index in [9.17, 15) is 0 Å². The number of hydrogen-bond acceptors (Lipinski definition) is 2. The van der Waals surface area contributed by atoms with Crippen molar-refractivity contribution in [3.8, 4) is 0 Å². The molecule has 1 saturated carbocycles. The normalized spacial score (nSPS) is 15.5. The summed E-state index contributed by atoms with van der Waals surface area (Å²) in [7, 11) is 0. The first kappa shape index (κ1) is 22.3. The summed E-state index contributed by atoms with van der Waals surface area (Å²) in [6.07, 6.45) is 8.11. The average Bonchev–Trinajstić information content (AvgIpc) is 3.54. The van der Waals surface area contributed by atoms with Crippen molar-refractivity contribution in [2.24, 2.45) is 5.41 Å². The van der Waals surface area contributed by atoms with Gasteiger partial charge in [-0.3, -0.25) is 0 Å². The molecule has 0 aliphatic heterocycles. The zero-order valence-electron chi connectivity index (χ0n) is 22.7. The maximum atomic E-state index is 4.92. The number of benzene rings is 4. The highest BCUT2D eigenvalue weighted by Crippen LogP contribution is 2.44. The third kappa shape index (κ3) is 3.08. The van der Waals surface area contributed by atoms with E-state index in [1.807, 2.05) is 0 Å². The van der Waals surface area contributed by atoms with E-state index in [1.165, 1.54) is 91.2 Å². The van der Waals surface area contributed by atoms with Crippen LogP contribution < -0.4 is 0 Å². The largest absolute Gasteiger partial charge is 0.307 e. The first-order valence-electron chi connectivity index (χ1n) is 14.2. The minimum absolute atomic E-state index is 0.251. The summed E-state index contributed by atoms with van der Waals surface area (Å²) < 4.78 is 2.55. The van der Waals surface area contributed by atoms with Crippen LogP contribution in [0.1, 0.15) is 69.1 Å². The molecule has 3 aromatic heterocycles. The number of aryl methyl sites for hydroxylation is 1. The summed E-state index contributed by atoms with van der Waals surface area (Å²) in [6, 6.07) is 21.2. The highest BCUT2D eigenvalue weighted by atomic mass is 14.9. The summed E-state index contributed by atoms with van der Waals surface area (Å²) >= 11 is 0. The molecule has 3 heteroatoms. The van der Waals surface area contributed by atoms with E-state index in [4.69, 9.17) is 9.97 Å². The number of fused-ring (bicyclic) bond motifs is 7. The van der Waals surface area contributed by atoms with E-state index in [1.54, 1.807) is 6.33 Å². The van der Waals surface area contributed by atoms with E-state index in [0.29, 0.717) is 5.92 Å². The van der Waals surface area contributed by atoms with Gasteiger partial charge < -0.3 is 4.40 Å². The Morgan fingerprint density at radius 3 is 2.42 bits per heavy atom. The van der Waals surface area contributed by atoms with Crippen molar-refractivity contribution >= 4 is 59.9 Å². The summed E-state index contributed by atoms with van der Waals surface area (Å²) in [4.78, 5) is 9.62. The third-order valence-electron chi connectivity index (χ3n) is 9.02. The van der Waals surface area contributed by atoms with E-state index >= 15 is 0 Å². The smallest absolute Gasteiger partial charge is 0.116 e. The molecule has 0 saturated heterocycles. The second kappa shape index (κ2) is 7.66. The number of pyridine rings is 1. The number of hydrogen-bond donors (Lipinski definition) is 0. The summed E-state index contributed by atoms with van der Waals surface area (Å²) in [5.74, 6) is 0.683. The second-order valence-corrected chi connectivity index (χ2v) is 12.9. The highest BCUT2D eigenvalue weighted by molar-refractivity contribution is 6.28. The van der Waals surface area contributed by atoms with Crippen LogP contribution in [0.25, 0.3) is 59.9 Å². The Labute approximate surface area is 222 Å². The van der Waals surface area contributed by atoms with Gasteiger partial charge in [0.2, 0.25) is 0 Å². The Morgan fingerprint density at radius 2 is 1.61 bits per heavy atom. The lowest BCUT2D eigenvalue weighted by atomic mass is 9.87. The molecule has 0 spiro atoms. The van der Waals surface area contributed by atoms with Gasteiger partial charge in [-0.1, -0.05) is 63.9 Å².